The van der Waals surface area contributed by atoms with E-state index in [0.717, 1.165) is 22.9 Å². The third kappa shape index (κ3) is 5.80. The molecule has 0 amide bonds. The number of aliphatic carboxylic acids is 1. The number of hydrogen-bond donors (Lipinski definition) is 1. The number of aromatic nitrogens is 4. The molecule has 0 radical (unpaired) electrons. The molecule has 1 aromatic carbocycles. The van der Waals surface area contributed by atoms with Gasteiger partial charge in [-0.15, -0.1) is 10.2 Å². The van der Waals surface area contributed by atoms with Gasteiger partial charge in [0.1, 0.15) is 16.3 Å². The number of pyridine rings is 2. The van der Waals surface area contributed by atoms with Crippen molar-refractivity contribution in [2.24, 2.45) is 0 Å². The molecule has 1 spiro atoms. The summed E-state index contributed by atoms with van der Waals surface area (Å²) in [5.41, 5.74) is 1.46. The third-order valence-electron chi connectivity index (χ3n) is 8.58. The van der Waals surface area contributed by atoms with Gasteiger partial charge >= 0.3 is 12.1 Å². The summed E-state index contributed by atoms with van der Waals surface area (Å²) in [4.78, 5) is 15.6. The number of aryl methyl sites for hydroxylation is 2. The molecule has 2 aliphatic rings. The van der Waals surface area contributed by atoms with Crippen LogP contribution in [0.4, 0.5) is 17.6 Å². The molecule has 1 fully saturated rings. The van der Waals surface area contributed by atoms with E-state index in [4.69, 9.17) is 9.47 Å². The van der Waals surface area contributed by atoms with Gasteiger partial charge in [0.05, 0.1) is 32.4 Å². The van der Waals surface area contributed by atoms with Gasteiger partial charge in [-0.05, 0) is 47.7 Å². The Balaban J connectivity index is 1.42. The molecule has 2 aliphatic heterocycles. The van der Waals surface area contributed by atoms with Gasteiger partial charge in [-0.2, -0.15) is 17.5 Å². The van der Waals surface area contributed by atoms with E-state index in [1.54, 1.807) is 32.0 Å². The van der Waals surface area contributed by atoms with Crippen LogP contribution in [0.15, 0.2) is 47.6 Å². The van der Waals surface area contributed by atoms with Crippen molar-refractivity contribution in [2.45, 2.75) is 62.2 Å². The molecule has 46 heavy (non-hydrogen) atoms. The van der Waals surface area contributed by atoms with Crippen LogP contribution in [0.5, 0.6) is 5.88 Å². The highest BCUT2D eigenvalue weighted by Gasteiger charge is 2.46. The zero-order valence-electron chi connectivity index (χ0n) is 24.7. The lowest BCUT2D eigenvalue weighted by Crippen LogP contribution is -2.50. The minimum Gasteiger partial charge on any atom is -0.481 e. The Hall–Kier alpha value is -4.15. The highest BCUT2D eigenvalue weighted by molar-refractivity contribution is 7.89. The second kappa shape index (κ2) is 11.6. The molecule has 0 saturated carbocycles. The predicted octanol–water partition coefficient (Wildman–Crippen LogP) is 4.64. The number of nitrogens with zero attached hydrogens (tertiary/aromatic N) is 5. The summed E-state index contributed by atoms with van der Waals surface area (Å²) in [5, 5.41) is 16.8. The van der Waals surface area contributed by atoms with Gasteiger partial charge in [0, 0.05) is 37.6 Å². The lowest BCUT2D eigenvalue weighted by Gasteiger charge is -2.38. The molecule has 4 aromatic rings. The number of alkyl halides is 3. The number of ether oxygens (including phenoxy) is 2. The second-order valence-electron chi connectivity index (χ2n) is 11.6. The molecule has 6 rings (SSSR count). The average Bonchev–Trinajstić information content (AvgIpc) is 3.42. The zero-order chi connectivity index (χ0) is 33.0. The summed E-state index contributed by atoms with van der Waals surface area (Å²) in [6.07, 6.45) is -2.35. The molecule has 3 aromatic heterocycles. The summed E-state index contributed by atoms with van der Waals surface area (Å²) in [6.45, 7) is 3.76. The van der Waals surface area contributed by atoms with Crippen LogP contribution in [0.2, 0.25) is 0 Å². The summed E-state index contributed by atoms with van der Waals surface area (Å²) in [7, 11) is -4.32. The smallest absolute Gasteiger partial charge is 0.452 e. The van der Waals surface area contributed by atoms with Crippen LogP contribution in [0.1, 0.15) is 58.8 Å². The van der Waals surface area contributed by atoms with Gasteiger partial charge in [0.2, 0.25) is 21.7 Å². The fourth-order valence-electron chi connectivity index (χ4n) is 6.12. The molecule has 16 heteroatoms. The zero-order valence-corrected chi connectivity index (χ0v) is 25.5. The van der Waals surface area contributed by atoms with Crippen LogP contribution in [-0.4, -0.2) is 68.7 Å². The number of carboxylic acid groups (broad SMARTS) is 1. The summed E-state index contributed by atoms with van der Waals surface area (Å²) in [5.74, 6) is -4.20. The second-order valence-corrected chi connectivity index (χ2v) is 13.5. The van der Waals surface area contributed by atoms with E-state index in [1.807, 2.05) is 0 Å². The number of sulfonamides is 1. The van der Waals surface area contributed by atoms with E-state index >= 15 is 0 Å². The fraction of sp³-hybridized carbons (Fsp3) is 0.400. The van der Waals surface area contributed by atoms with Gasteiger partial charge in [0.25, 0.3) is 0 Å². The van der Waals surface area contributed by atoms with E-state index in [0.29, 0.717) is 53.9 Å². The number of halogens is 4. The largest absolute Gasteiger partial charge is 0.481 e. The van der Waals surface area contributed by atoms with Crippen molar-refractivity contribution in [3.8, 4) is 5.88 Å². The Labute approximate surface area is 260 Å². The van der Waals surface area contributed by atoms with E-state index in [1.165, 1.54) is 10.4 Å². The van der Waals surface area contributed by atoms with E-state index in [9.17, 15) is 35.9 Å². The van der Waals surface area contributed by atoms with Crippen LogP contribution in [0, 0.1) is 19.7 Å². The van der Waals surface area contributed by atoms with Crippen molar-refractivity contribution in [1.82, 2.24) is 23.9 Å². The van der Waals surface area contributed by atoms with Crippen LogP contribution in [0.25, 0.3) is 5.65 Å². The number of rotatable bonds is 6. The SMILES string of the molecule is Cc1ccc(C(CC(=O)O)c2ccn3c(C(F)(F)F)nnc3c2C)cc1CN1CC2(CCOCC2)Oc2ncc(F)cc2S1(=O)=O. The van der Waals surface area contributed by atoms with Gasteiger partial charge in [0.15, 0.2) is 5.65 Å². The predicted molar refractivity (Wildman–Crippen MR) is 153 cm³/mol. The molecule has 0 bridgehead atoms. The average molecular weight is 664 g/mol. The van der Waals surface area contributed by atoms with Gasteiger partial charge < -0.3 is 14.6 Å². The van der Waals surface area contributed by atoms with Crippen LogP contribution in [0.3, 0.4) is 0 Å². The van der Waals surface area contributed by atoms with Crippen molar-refractivity contribution in [2.75, 3.05) is 19.8 Å². The number of carbonyl (C=O) groups is 1. The van der Waals surface area contributed by atoms with Crippen molar-refractivity contribution in [3.05, 3.63) is 82.2 Å². The Morgan fingerprint density at radius 1 is 1.13 bits per heavy atom. The highest BCUT2D eigenvalue weighted by atomic mass is 32.2. The number of benzene rings is 1. The summed E-state index contributed by atoms with van der Waals surface area (Å²) >= 11 is 0. The normalized spacial score (nSPS) is 18.6. The summed E-state index contributed by atoms with van der Waals surface area (Å²) < 4.78 is 96.4. The monoisotopic (exact) mass is 663 g/mol. The molecule has 1 atom stereocenters. The first kappa shape index (κ1) is 31.8. The fourth-order valence-corrected chi connectivity index (χ4v) is 7.68. The van der Waals surface area contributed by atoms with E-state index < -0.39 is 56.6 Å². The van der Waals surface area contributed by atoms with Crippen LogP contribution in [-0.2, 0) is 32.3 Å². The van der Waals surface area contributed by atoms with Gasteiger partial charge in [-0.3, -0.25) is 9.20 Å². The van der Waals surface area contributed by atoms with Crippen molar-refractivity contribution in [1.29, 1.82) is 0 Å². The first-order valence-electron chi connectivity index (χ1n) is 14.3. The Kier molecular flexibility index (Phi) is 8.01. The maximum absolute atomic E-state index is 14.3. The topological polar surface area (TPSA) is 136 Å². The Morgan fingerprint density at radius 3 is 2.57 bits per heavy atom. The molecule has 1 unspecified atom stereocenters. The minimum absolute atomic E-state index is 0.0653. The lowest BCUT2D eigenvalue weighted by atomic mass is 9.85. The molecule has 11 nitrogen and oxygen atoms in total. The minimum atomic E-state index is -4.75. The lowest BCUT2D eigenvalue weighted by molar-refractivity contribution is -0.145. The standard InChI is InChI=1S/C30H29F4N5O6S/c1-17-3-4-19(23(13-25(40)41)22-5-8-39-26(18(22)2)36-37-28(39)30(32,33)34)11-20(17)15-38-16-29(6-9-44-10-7-29)45-27-24(46(38,42)43)12-21(31)14-35-27/h3-5,8,11-12,14,23H,6-7,9-10,13,15-16H2,1-2H3,(H,40,41). The van der Waals surface area contributed by atoms with Gasteiger partial charge in [-0.25, -0.2) is 17.8 Å². The van der Waals surface area contributed by atoms with Crippen LogP contribution < -0.4 is 4.74 Å². The maximum Gasteiger partial charge on any atom is 0.452 e. The summed E-state index contributed by atoms with van der Waals surface area (Å²) in [6, 6.07) is 7.42. The quantitative estimate of drug-likeness (QED) is 0.293. The molecule has 5 heterocycles. The molecule has 1 saturated heterocycles. The van der Waals surface area contributed by atoms with E-state index in [-0.39, 0.29) is 24.6 Å². The van der Waals surface area contributed by atoms with E-state index in [2.05, 4.69) is 15.2 Å². The highest BCUT2D eigenvalue weighted by Crippen LogP contribution is 2.40. The third-order valence-corrected chi connectivity index (χ3v) is 10.4. The van der Waals surface area contributed by atoms with Crippen molar-refractivity contribution in [3.63, 3.8) is 0 Å². The van der Waals surface area contributed by atoms with Gasteiger partial charge in [-0.1, -0.05) is 18.2 Å². The Bertz CT molecular complexity index is 1940. The molecule has 244 valence electrons. The molecule has 1 N–H and O–H groups in total. The van der Waals surface area contributed by atoms with Crippen molar-refractivity contribution >= 4 is 21.6 Å². The maximum atomic E-state index is 14.3. The molecule has 0 aliphatic carbocycles. The Morgan fingerprint density at radius 2 is 1.87 bits per heavy atom. The van der Waals surface area contributed by atoms with Crippen molar-refractivity contribution < 1.29 is 45.4 Å². The first-order valence-corrected chi connectivity index (χ1v) is 15.8. The molecular formula is C30H29F4N5O6S. The number of carboxylic acids is 1. The van der Waals surface area contributed by atoms with Crippen LogP contribution >= 0.6 is 0 Å². The number of hydrogen-bond acceptors (Lipinski definition) is 8. The number of fused-ring (bicyclic) bond motifs is 2. The first-order chi connectivity index (χ1) is 21.7. The molecular weight excluding hydrogens is 634 g/mol.